The average molecular weight is 514 g/mol. The lowest BCUT2D eigenvalue weighted by Gasteiger charge is -2.26. The summed E-state index contributed by atoms with van der Waals surface area (Å²) < 4.78 is 16.7. The molecule has 0 saturated carbocycles. The molecule has 2 heterocycles. The van der Waals surface area contributed by atoms with E-state index in [1.807, 2.05) is 37.3 Å². The molecule has 7 nitrogen and oxygen atoms in total. The van der Waals surface area contributed by atoms with Crippen LogP contribution in [0.2, 0.25) is 0 Å². The molecule has 7 heteroatoms. The Labute approximate surface area is 222 Å². The first kappa shape index (κ1) is 25.4. The van der Waals surface area contributed by atoms with Crippen LogP contribution in [-0.2, 0) is 16.0 Å². The molecule has 0 aliphatic carbocycles. The molecule has 1 fully saturated rings. The number of rotatable bonds is 6. The molecule has 3 aromatic rings. The summed E-state index contributed by atoms with van der Waals surface area (Å²) in [4.78, 5) is 28.5. The quantitative estimate of drug-likeness (QED) is 0.256. The highest BCUT2D eigenvalue weighted by molar-refractivity contribution is 6.51. The number of carbonyl (C=O) groups excluding carboxylic acids is 2. The van der Waals surface area contributed by atoms with E-state index in [0.29, 0.717) is 40.7 Å². The first-order valence-corrected chi connectivity index (χ1v) is 12.7. The second kappa shape index (κ2) is 9.89. The third-order valence-electron chi connectivity index (χ3n) is 7.18. The number of aliphatic hydroxyl groups excluding tert-OH is 1. The number of ether oxygens (including phenoxy) is 3. The maximum Gasteiger partial charge on any atom is 0.300 e. The third kappa shape index (κ3) is 4.28. The van der Waals surface area contributed by atoms with Crippen LogP contribution < -0.4 is 19.1 Å². The molecule has 3 aromatic carbocycles. The van der Waals surface area contributed by atoms with Gasteiger partial charge in [-0.3, -0.25) is 14.5 Å². The van der Waals surface area contributed by atoms with Gasteiger partial charge in [0.2, 0.25) is 0 Å². The summed E-state index contributed by atoms with van der Waals surface area (Å²) in [5.41, 5.74) is 3.70. The fourth-order valence-electron chi connectivity index (χ4n) is 5.18. The van der Waals surface area contributed by atoms with Crippen LogP contribution in [0.3, 0.4) is 0 Å². The highest BCUT2D eigenvalue weighted by atomic mass is 16.5. The molecule has 0 aromatic heterocycles. The van der Waals surface area contributed by atoms with E-state index in [1.54, 1.807) is 30.3 Å². The number of carbonyl (C=O) groups is 2. The lowest BCUT2D eigenvalue weighted by molar-refractivity contribution is -0.132. The van der Waals surface area contributed by atoms with Crippen molar-refractivity contribution < 1.29 is 28.9 Å². The Hall–Kier alpha value is -4.26. The van der Waals surface area contributed by atoms with Crippen molar-refractivity contribution in [1.82, 2.24) is 0 Å². The molecule has 2 aliphatic rings. The lowest BCUT2D eigenvalue weighted by Crippen LogP contribution is -2.29. The summed E-state index contributed by atoms with van der Waals surface area (Å²) in [6.07, 6.45) is 0.736. The summed E-state index contributed by atoms with van der Waals surface area (Å²) in [6, 6.07) is 17.3. The Morgan fingerprint density at radius 3 is 2.34 bits per heavy atom. The van der Waals surface area contributed by atoms with E-state index >= 15 is 0 Å². The summed E-state index contributed by atoms with van der Waals surface area (Å²) in [6.45, 7) is 6.16. The Morgan fingerprint density at radius 2 is 1.68 bits per heavy atom. The zero-order valence-corrected chi connectivity index (χ0v) is 22.1. The zero-order valence-electron chi connectivity index (χ0n) is 22.1. The molecule has 196 valence electrons. The van der Waals surface area contributed by atoms with E-state index in [2.05, 4.69) is 13.8 Å². The van der Waals surface area contributed by atoms with E-state index in [4.69, 9.17) is 14.2 Å². The van der Waals surface area contributed by atoms with Crippen molar-refractivity contribution in [2.24, 2.45) is 0 Å². The van der Waals surface area contributed by atoms with E-state index in [0.717, 1.165) is 16.9 Å². The van der Waals surface area contributed by atoms with Gasteiger partial charge in [0.1, 0.15) is 17.6 Å². The molecular weight excluding hydrogens is 482 g/mol. The number of Topliss-reactive ketones (excluding diaryl/α,β-unsaturated/α-hetero) is 1. The van der Waals surface area contributed by atoms with E-state index in [9.17, 15) is 14.7 Å². The SMILES string of the molecule is COc1ccc(C2/C(=C(\O)c3ccc4c(c3)CC(C)O4)C(=O)C(=O)N2c2ccc(C(C)C)cc2)cc1OC. The van der Waals surface area contributed by atoms with Crippen LogP contribution in [0.4, 0.5) is 5.69 Å². The van der Waals surface area contributed by atoms with Crippen molar-refractivity contribution in [3.63, 3.8) is 0 Å². The van der Waals surface area contributed by atoms with Gasteiger partial charge in [-0.1, -0.05) is 32.0 Å². The Balaban J connectivity index is 1.69. The van der Waals surface area contributed by atoms with Gasteiger partial charge in [-0.15, -0.1) is 0 Å². The summed E-state index contributed by atoms with van der Waals surface area (Å²) >= 11 is 0. The third-order valence-corrected chi connectivity index (χ3v) is 7.18. The van der Waals surface area contributed by atoms with Gasteiger partial charge in [0, 0.05) is 17.7 Å². The van der Waals surface area contributed by atoms with Crippen LogP contribution in [0.5, 0.6) is 17.2 Å². The number of fused-ring (bicyclic) bond motifs is 1. The molecule has 2 atom stereocenters. The minimum Gasteiger partial charge on any atom is -0.507 e. The van der Waals surface area contributed by atoms with Crippen LogP contribution in [-0.4, -0.2) is 37.1 Å². The van der Waals surface area contributed by atoms with Crippen LogP contribution >= 0.6 is 0 Å². The summed E-state index contributed by atoms with van der Waals surface area (Å²) in [7, 11) is 3.06. The van der Waals surface area contributed by atoms with E-state index < -0.39 is 17.7 Å². The standard InChI is InChI=1S/C31H31NO6/c1-17(2)19-6-10-23(11-7-19)32-28(20-8-13-25(36-4)26(16-20)37-5)27(30(34)31(32)35)29(33)21-9-12-24-22(15-21)14-18(3)38-24/h6-13,15-18,28,33H,14H2,1-5H3/b29-27+. The summed E-state index contributed by atoms with van der Waals surface area (Å²) in [5, 5.41) is 11.5. The number of ketones is 1. The predicted octanol–water partition coefficient (Wildman–Crippen LogP) is 5.78. The van der Waals surface area contributed by atoms with E-state index in [-0.39, 0.29) is 17.4 Å². The van der Waals surface area contributed by atoms with Crippen molar-refractivity contribution in [1.29, 1.82) is 0 Å². The molecule has 5 rings (SSSR count). The topological polar surface area (TPSA) is 85.3 Å². The molecule has 0 bridgehead atoms. The van der Waals surface area contributed by atoms with Crippen molar-refractivity contribution in [2.45, 2.75) is 45.3 Å². The molecule has 2 aliphatic heterocycles. The van der Waals surface area contributed by atoms with Crippen molar-refractivity contribution in [3.05, 3.63) is 88.5 Å². The number of anilines is 1. The Morgan fingerprint density at radius 1 is 0.974 bits per heavy atom. The summed E-state index contributed by atoms with van der Waals surface area (Å²) in [5.74, 6) is 0.356. The first-order chi connectivity index (χ1) is 18.2. The highest BCUT2D eigenvalue weighted by Crippen LogP contribution is 2.44. The molecule has 2 unspecified atom stereocenters. The second-order valence-electron chi connectivity index (χ2n) is 9.98. The van der Waals surface area contributed by atoms with Gasteiger partial charge in [-0.25, -0.2) is 0 Å². The van der Waals surface area contributed by atoms with Crippen molar-refractivity contribution >= 4 is 23.1 Å². The first-order valence-electron chi connectivity index (χ1n) is 12.7. The minimum atomic E-state index is -0.872. The number of nitrogens with zero attached hydrogens (tertiary/aromatic N) is 1. The zero-order chi connectivity index (χ0) is 27.1. The van der Waals surface area contributed by atoms with Gasteiger partial charge in [0.25, 0.3) is 11.7 Å². The predicted molar refractivity (Wildman–Crippen MR) is 145 cm³/mol. The van der Waals surface area contributed by atoms with Gasteiger partial charge in [-0.05, 0) is 72.0 Å². The molecule has 1 amide bonds. The Kier molecular flexibility index (Phi) is 6.61. The van der Waals surface area contributed by atoms with Crippen molar-refractivity contribution in [2.75, 3.05) is 19.1 Å². The van der Waals surface area contributed by atoms with Gasteiger partial charge in [0.15, 0.2) is 11.5 Å². The van der Waals surface area contributed by atoms with Crippen LogP contribution in [0.15, 0.2) is 66.2 Å². The van der Waals surface area contributed by atoms with Gasteiger partial charge in [0.05, 0.1) is 25.8 Å². The maximum absolute atomic E-state index is 13.5. The van der Waals surface area contributed by atoms with Crippen molar-refractivity contribution in [3.8, 4) is 17.2 Å². The fraction of sp³-hybridized carbons (Fsp3) is 0.290. The van der Waals surface area contributed by atoms with Gasteiger partial charge < -0.3 is 19.3 Å². The lowest BCUT2D eigenvalue weighted by atomic mass is 9.94. The number of amides is 1. The monoisotopic (exact) mass is 513 g/mol. The highest BCUT2D eigenvalue weighted by Gasteiger charge is 2.47. The molecule has 1 saturated heterocycles. The number of benzene rings is 3. The maximum atomic E-state index is 13.5. The van der Waals surface area contributed by atoms with Crippen LogP contribution in [0.25, 0.3) is 5.76 Å². The molecule has 0 spiro atoms. The van der Waals surface area contributed by atoms with Gasteiger partial charge >= 0.3 is 0 Å². The molecule has 1 N–H and O–H groups in total. The molecule has 0 radical (unpaired) electrons. The Bertz CT molecular complexity index is 1440. The number of aliphatic hydroxyl groups is 1. The van der Waals surface area contributed by atoms with Crippen LogP contribution in [0, 0.1) is 0 Å². The van der Waals surface area contributed by atoms with Gasteiger partial charge in [-0.2, -0.15) is 0 Å². The van der Waals surface area contributed by atoms with Crippen LogP contribution in [0.1, 0.15) is 55.0 Å². The average Bonchev–Trinajstić information content (AvgIpc) is 3.42. The van der Waals surface area contributed by atoms with E-state index in [1.165, 1.54) is 19.1 Å². The normalized spacial score (nSPS) is 20.0. The fourth-order valence-corrected chi connectivity index (χ4v) is 5.18. The molecular formula is C31H31NO6. The number of hydrogen-bond donors (Lipinski definition) is 1. The second-order valence-corrected chi connectivity index (χ2v) is 9.98. The number of hydrogen-bond acceptors (Lipinski definition) is 6. The smallest absolute Gasteiger partial charge is 0.300 e. The number of methoxy groups -OCH3 is 2. The minimum absolute atomic E-state index is 0.0158. The largest absolute Gasteiger partial charge is 0.507 e. The molecule has 38 heavy (non-hydrogen) atoms.